The largest absolute Gasteiger partial charge is 0.399 e. The van der Waals surface area contributed by atoms with E-state index in [2.05, 4.69) is 11.6 Å². The van der Waals surface area contributed by atoms with Gasteiger partial charge in [-0.3, -0.25) is 0 Å². The van der Waals surface area contributed by atoms with E-state index in [0.717, 1.165) is 19.3 Å². The number of benzene rings is 1. The van der Waals surface area contributed by atoms with Gasteiger partial charge in [-0.05, 0) is 55.9 Å². The lowest BCUT2D eigenvalue weighted by atomic mass is 9.87. The van der Waals surface area contributed by atoms with E-state index in [9.17, 15) is 8.42 Å². The second-order valence-corrected chi connectivity index (χ2v) is 7.62. The fourth-order valence-corrected chi connectivity index (χ4v) is 4.99. The van der Waals surface area contributed by atoms with Crippen LogP contribution < -0.4 is 10.5 Å². The molecule has 2 atom stereocenters. The van der Waals surface area contributed by atoms with Crippen LogP contribution in [0.15, 0.2) is 17.0 Å². The quantitative estimate of drug-likeness (QED) is 0.842. The third-order valence-corrected chi connectivity index (χ3v) is 5.96. The third-order valence-electron chi connectivity index (χ3n) is 4.17. The maximum Gasteiger partial charge on any atom is 0.241 e. The predicted molar refractivity (Wildman–Crippen MR) is 82.1 cm³/mol. The minimum atomic E-state index is -3.48. The van der Waals surface area contributed by atoms with Gasteiger partial charge in [0.1, 0.15) is 0 Å². The normalized spacial score (nSPS) is 23.8. The molecule has 0 aromatic heterocycles. The van der Waals surface area contributed by atoms with Crippen molar-refractivity contribution in [2.75, 3.05) is 5.73 Å². The Morgan fingerprint density at radius 2 is 1.70 bits per heavy atom. The summed E-state index contributed by atoms with van der Waals surface area (Å²) in [5.74, 6) is 0.396. The molecule has 1 aliphatic carbocycles. The van der Waals surface area contributed by atoms with E-state index in [1.54, 1.807) is 26.0 Å². The summed E-state index contributed by atoms with van der Waals surface area (Å²) in [5.41, 5.74) is 7.78. The van der Waals surface area contributed by atoms with Crippen molar-refractivity contribution >= 4 is 15.7 Å². The molecule has 1 saturated carbocycles. The molecule has 4 nitrogen and oxygen atoms in total. The standard InChI is InChI=1S/C15H24N2O2S/c1-10-6-4-5-7-14(10)17-20(18,19)15-11(2)8-13(16)9-12(15)3/h8-10,14,17H,4-7,16H2,1-3H3. The van der Waals surface area contributed by atoms with Crippen LogP contribution in [0.3, 0.4) is 0 Å². The highest BCUT2D eigenvalue weighted by atomic mass is 32.2. The Kier molecular flexibility index (Phi) is 4.39. The van der Waals surface area contributed by atoms with Crippen LogP contribution in [-0.4, -0.2) is 14.5 Å². The maximum atomic E-state index is 12.6. The van der Waals surface area contributed by atoms with Crippen molar-refractivity contribution in [1.29, 1.82) is 0 Å². The summed E-state index contributed by atoms with van der Waals surface area (Å²) >= 11 is 0. The molecular weight excluding hydrogens is 272 g/mol. The first-order chi connectivity index (χ1) is 9.31. The van der Waals surface area contributed by atoms with Gasteiger partial charge in [0.15, 0.2) is 0 Å². The van der Waals surface area contributed by atoms with Crippen LogP contribution in [0.1, 0.15) is 43.7 Å². The molecule has 1 aliphatic rings. The molecule has 20 heavy (non-hydrogen) atoms. The monoisotopic (exact) mass is 296 g/mol. The molecule has 3 N–H and O–H groups in total. The van der Waals surface area contributed by atoms with Crippen molar-refractivity contribution < 1.29 is 8.42 Å². The first-order valence-electron chi connectivity index (χ1n) is 7.20. The number of hydrogen-bond acceptors (Lipinski definition) is 3. The molecule has 0 bridgehead atoms. The van der Waals surface area contributed by atoms with Crippen molar-refractivity contribution in [2.24, 2.45) is 5.92 Å². The van der Waals surface area contributed by atoms with E-state index in [4.69, 9.17) is 5.73 Å². The Labute approximate surface area is 121 Å². The number of nitrogens with two attached hydrogens (primary N) is 1. The Morgan fingerprint density at radius 3 is 2.25 bits per heavy atom. The lowest BCUT2D eigenvalue weighted by molar-refractivity contribution is 0.310. The van der Waals surface area contributed by atoms with Gasteiger partial charge in [-0.15, -0.1) is 0 Å². The molecular formula is C15H24N2O2S. The Hall–Kier alpha value is -1.07. The van der Waals surface area contributed by atoms with Crippen LogP contribution in [0, 0.1) is 19.8 Å². The summed E-state index contributed by atoms with van der Waals surface area (Å²) < 4.78 is 28.2. The summed E-state index contributed by atoms with van der Waals surface area (Å²) in [6.45, 7) is 5.71. The van der Waals surface area contributed by atoms with E-state index in [0.29, 0.717) is 27.6 Å². The van der Waals surface area contributed by atoms with Crippen molar-refractivity contribution in [3.8, 4) is 0 Å². The highest BCUT2D eigenvalue weighted by Crippen LogP contribution is 2.28. The van der Waals surface area contributed by atoms with Gasteiger partial charge in [-0.25, -0.2) is 13.1 Å². The number of aryl methyl sites for hydroxylation is 2. The third kappa shape index (κ3) is 3.15. The molecule has 0 saturated heterocycles. The first kappa shape index (κ1) is 15.3. The van der Waals surface area contributed by atoms with Gasteiger partial charge in [0.25, 0.3) is 0 Å². The zero-order valence-electron chi connectivity index (χ0n) is 12.4. The molecule has 0 amide bonds. The van der Waals surface area contributed by atoms with Crippen molar-refractivity contribution in [1.82, 2.24) is 4.72 Å². The molecule has 1 aromatic rings. The molecule has 2 rings (SSSR count). The SMILES string of the molecule is Cc1cc(N)cc(C)c1S(=O)(=O)NC1CCCCC1C. The van der Waals surface area contributed by atoms with Gasteiger partial charge in [0, 0.05) is 11.7 Å². The highest BCUT2D eigenvalue weighted by molar-refractivity contribution is 7.89. The second-order valence-electron chi connectivity index (χ2n) is 5.97. The average Bonchev–Trinajstić information content (AvgIpc) is 2.30. The highest BCUT2D eigenvalue weighted by Gasteiger charge is 2.28. The van der Waals surface area contributed by atoms with Gasteiger partial charge >= 0.3 is 0 Å². The fourth-order valence-electron chi connectivity index (χ4n) is 3.16. The van der Waals surface area contributed by atoms with Gasteiger partial charge in [0.05, 0.1) is 4.90 Å². The summed E-state index contributed by atoms with van der Waals surface area (Å²) in [5, 5.41) is 0. The van der Waals surface area contributed by atoms with Gasteiger partial charge in [-0.2, -0.15) is 0 Å². The topological polar surface area (TPSA) is 72.2 Å². The van der Waals surface area contributed by atoms with Crippen molar-refractivity contribution in [3.63, 3.8) is 0 Å². The zero-order chi connectivity index (χ0) is 14.9. The first-order valence-corrected chi connectivity index (χ1v) is 8.68. The van der Waals surface area contributed by atoms with Crippen molar-refractivity contribution in [3.05, 3.63) is 23.3 Å². The van der Waals surface area contributed by atoms with Crippen LogP contribution in [0.5, 0.6) is 0 Å². The lowest BCUT2D eigenvalue weighted by Gasteiger charge is -2.29. The summed E-state index contributed by atoms with van der Waals surface area (Å²) in [6.07, 6.45) is 4.30. The molecule has 5 heteroatoms. The average molecular weight is 296 g/mol. The van der Waals surface area contributed by atoms with E-state index < -0.39 is 10.0 Å². The summed E-state index contributed by atoms with van der Waals surface area (Å²) in [6, 6.07) is 3.47. The lowest BCUT2D eigenvalue weighted by Crippen LogP contribution is -2.41. The summed E-state index contributed by atoms with van der Waals surface area (Å²) in [7, 11) is -3.48. The smallest absolute Gasteiger partial charge is 0.241 e. The number of rotatable bonds is 3. The zero-order valence-corrected chi connectivity index (χ0v) is 13.3. The minimum Gasteiger partial charge on any atom is -0.399 e. The number of hydrogen-bond donors (Lipinski definition) is 2. The molecule has 2 unspecified atom stereocenters. The molecule has 112 valence electrons. The fraction of sp³-hybridized carbons (Fsp3) is 0.600. The van der Waals surface area contributed by atoms with Crippen LogP contribution in [0.4, 0.5) is 5.69 Å². The minimum absolute atomic E-state index is 0.0464. The Morgan fingerprint density at radius 1 is 1.15 bits per heavy atom. The molecule has 0 aliphatic heterocycles. The maximum absolute atomic E-state index is 12.6. The van der Waals surface area contributed by atoms with E-state index in [-0.39, 0.29) is 6.04 Å². The van der Waals surface area contributed by atoms with E-state index >= 15 is 0 Å². The van der Waals surface area contributed by atoms with Gasteiger partial charge < -0.3 is 5.73 Å². The predicted octanol–water partition coefficient (Wildman–Crippen LogP) is 2.74. The Bertz CT molecular complexity index is 573. The van der Waals surface area contributed by atoms with Crippen LogP contribution in [-0.2, 0) is 10.0 Å². The van der Waals surface area contributed by atoms with Crippen LogP contribution in [0.25, 0.3) is 0 Å². The molecule has 1 fully saturated rings. The second kappa shape index (κ2) is 5.74. The summed E-state index contributed by atoms with van der Waals surface area (Å²) in [4.78, 5) is 0.379. The van der Waals surface area contributed by atoms with Crippen LogP contribution >= 0.6 is 0 Å². The number of nitrogen functional groups attached to an aromatic ring is 1. The molecule has 1 aromatic carbocycles. The van der Waals surface area contributed by atoms with E-state index in [1.807, 2.05) is 0 Å². The van der Waals surface area contributed by atoms with Crippen LogP contribution in [0.2, 0.25) is 0 Å². The van der Waals surface area contributed by atoms with Crippen molar-refractivity contribution in [2.45, 2.75) is 57.4 Å². The van der Waals surface area contributed by atoms with E-state index in [1.165, 1.54) is 6.42 Å². The Balaban J connectivity index is 2.31. The number of anilines is 1. The van der Waals surface area contributed by atoms with Gasteiger partial charge in [-0.1, -0.05) is 19.8 Å². The number of sulfonamides is 1. The molecule has 0 radical (unpaired) electrons. The molecule has 0 spiro atoms. The number of nitrogens with one attached hydrogen (secondary N) is 1. The molecule has 0 heterocycles. The van der Waals surface area contributed by atoms with Gasteiger partial charge in [0.2, 0.25) is 10.0 Å².